The number of thiazole rings is 1. The van der Waals surface area contributed by atoms with Crippen LogP contribution in [0.3, 0.4) is 0 Å². The van der Waals surface area contributed by atoms with E-state index in [1.807, 2.05) is 0 Å². The lowest BCUT2D eigenvalue weighted by molar-refractivity contribution is 0.102. The highest BCUT2D eigenvalue weighted by molar-refractivity contribution is 7.15. The molecule has 122 valence electrons. The Balaban J connectivity index is 1.68. The van der Waals surface area contributed by atoms with Gasteiger partial charge in [0.1, 0.15) is 0 Å². The Morgan fingerprint density at radius 1 is 1.12 bits per heavy atom. The topological polar surface area (TPSA) is 42.0 Å². The summed E-state index contributed by atoms with van der Waals surface area (Å²) in [4.78, 5) is 17.6. The molecule has 3 rings (SSSR count). The van der Waals surface area contributed by atoms with Crippen LogP contribution in [0.1, 0.15) is 26.4 Å². The van der Waals surface area contributed by atoms with Gasteiger partial charge < -0.3 is 0 Å². The molecule has 1 heterocycles. The van der Waals surface area contributed by atoms with E-state index in [0.717, 1.165) is 11.3 Å². The molecular weight excluding hydrogens is 363 g/mol. The number of anilines is 1. The highest BCUT2D eigenvalue weighted by Gasteiger charge is 2.11. The number of hydrogen-bond acceptors (Lipinski definition) is 3. The van der Waals surface area contributed by atoms with Crippen LogP contribution in [-0.4, -0.2) is 10.9 Å². The fourth-order valence-electron chi connectivity index (χ4n) is 2.16. The second kappa shape index (κ2) is 7.34. The number of carbonyl (C=O) groups is 1. The minimum absolute atomic E-state index is 0.259. The van der Waals surface area contributed by atoms with E-state index in [0.29, 0.717) is 20.7 Å². The third-order valence-electron chi connectivity index (χ3n) is 3.45. The van der Waals surface area contributed by atoms with E-state index in [2.05, 4.69) is 41.5 Å². The first-order chi connectivity index (χ1) is 11.5. The van der Waals surface area contributed by atoms with Gasteiger partial charge in [0.25, 0.3) is 5.91 Å². The quantitative estimate of drug-likeness (QED) is 0.643. The van der Waals surface area contributed by atoms with Gasteiger partial charge in [-0.25, -0.2) is 4.98 Å². The Hall–Kier alpha value is -1.88. The van der Waals surface area contributed by atoms with Gasteiger partial charge in [0.15, 0.2) is 5.13 Å². The molecule has 1 amide bonds. The Bertz CT molecular complexity index is 875. The van der Waals surface area contributed by atoms with Crippen LogP contribution < -0.4 is 5.32 Å². The summed E-state index contributed by atoms with van der Waals surface area (Å²) in [5, 5.41) is 4.12. The van der Waals surface area contributed by atoms with Crippen molar-refractivity contribution in [1.29, 1.82) is 0 Å². The molecule has 24 heavy (non-hydrogen) atoms. The van der Waals surface area contributed by atoms with E-state index < -0.39 is 0 Å². The van der Waals surface area contributed by atoms with Crippen molar-refractivity contribution in [2.24, 2.45) is 0 Å². The van der Waals surface area contributed by atoms with Crippen LogP contribution >= 0.6 is 34.5 Å². The Morgan fingerprint density at radius 3 is 2.58 bits per heavy atom. The fraction of sp³-hybridized carbons (Fsp3) is 0.111. The number of amides is 1. The largest absolute Gasteiger partial charge is 0.298 e. The van der Waals surface area contributed by atoms with E-state index >= 15 is 0 Å². The van der Waals surface area contributed by atoms with Crippen LogP contribution in [0, 0.1) is 6.92 Å². The van der Waals surface area contributed by atoms with Crippen molar-refractivity contribution in [2.45, 2.75) is 13.3 Å². The Kier molecular flexibility index (Phi) is 5.19. The first-order valence-corrected chi connectivity index (χ1v) is 8.85. The third-order valence-corrected chi connectivity index (χ3v) is 5.11. The lowest BCUT2D eigenvalue weighted by Crippen LogP contribution is -2.11. The van der Waals surface area contributed by atoms with E-state index in [-0.39, 0.29) is 5.91 Å². The van der Waals surface area contributed by atoms with E-state index in [9.17, 15) is 4.79 Å². The molecule has 0 saturated carbocycles. The molecule has 1 aromatic heterocycles. The standard InChI is InChI=1S/C18H14Cl2N2OS/c1-11-2-4-12(5-3-11)8-14-10-21-18(24-14)22-17(23)13-6-7-15(19)16(20)9-13/h2-7,9-10H,8H2,1H3,(H,21,22,23). The zero-order chi connectivity index (χ0) is 17.1. The molecule has 0 bridgehead atoms. The molecule has 0 saturated heterocycles. The summed E-state index contributed by atoms with van der Waals surface area (Å²) in [5.41, 5.74) is 2.89. The first kappa shape index (κ1) is 17.0. The highest BCUT2D eigenvalue weighted by Crippen LogP contribution is 2.25. The summed E-state index contributed by atoms with van der Waals surface area (Å²) in [7, 11) is 0. The van der Waals surface area contributed by atoms with Gasteiger partial charge in [-0.2, -0.15) is 0 Å². The number of benzene rings is 2. The molecule has 0 unspecified atom stereocenters. The average Bonchev–Trinajstić information content (AvgIpc) is 2.99. The molecule has 0 spiro atoms. The van der Waals surface area contributed by atoms with Crippen molar-refractivity contribution < 1.29 is 4.79 Å². The molecule has 0 fully saturated rings. The van der Waals surface area contributed by atoms with Crippen LogP contribution in [0.5, 0.6) is 0 Å². The van der Waals surface area contributed by atoms with E-state index in [4.69, 9.17) is 23.2 Å². The van der Waals surface area contributed by atoms with Crippen LogP contribution in [0.15, 0.2) is 48.7 Å². The summed E-state index contributed by atoms with van der Waals surface area (Å²) < 4.78 is 0. The molecule has 0 aliphatic heterocycles. The summed E-state index contributed by atoms with van der Waals surface area (Å²) in [6, 6.07) is 13.1. The SMILES string of the molecule is Cc1ccc(Cc2cnc(NC(=O)c3ccc(Cl)c(Cl)c3)s2)cc1. The number of halogens is 2. The van der Waals surface area contributed by atoms with Crippen LogP contribution in [-0.2, 0) is 6.42 Å². The van der Waals surface area contributed by atoms with E-state index in [1.165, 1.54) is 22.5 Å². The predicted molar refractivity (Wildman–Crippen MR) is 101 cm³/mol. The van der Waals surface area contributed by atoms with Crippen molar-refractivity contribution >= 4 is 45.6 Å². The number of carbonyl (C=O) groups excluding carboxylic acids is 1. The van der Waals surface area contributed by atoms with Gasteiger partial charge in [-0.05, 0) is 30.7 Å². The fourth-order valence-corrected chi connectivity index (χ4v) is 3.30. The molecule has 0 radical (unpaired) electrons. The monoisotopic (exact) mass is 376 g/mol. The third kappa shape index (κ3) is 4.15. The molecule has 0 atom stereocenters. The lowest BCUT2D eigenvalue weighted by Gasteiger charge is -2.03. The van der Waals surface area contributed by atoms with Crippen molar-refractivity contribution in [2.75, 3.05) is 5.32 Å². The normalized spacial score (nSPS) is 10.6. The average molecular weight is 377 g/mol. The van der Waals surface area contributed by atoms with Gasteiger partial charge in [-0.15, -0.1) is 11.3 Å². The molecule has 1 N–H and O–H groups in total. The van der Waals surface area contributed by atoms with Crippen molar-refractivity contribution in [3.63, 3.8) is 0 Å². The summed E-state index contributed by atoms with van der Waals surface area (Å²) in [6.07, 6.45) is 2.58. The molecule has 0 aliphatic carbocycles. The zero-order valence-corrected chi connectivity index (χ0v) is 15.2. The molecule has 3 nitrogen and oxygen atoms in total. The van der Waals surface area contributed by atoms with Crippen LogP contribution in [0.4, 0.5) is 5.13 Å². The summed E-state index contributed by atoms with van der Waals surface area (Å²) in [5.74, 6) is -0.259. The molecule has 2 aromatic carbocycles. The van der Waals surface area contributed by atoms with Gasteiger partial charge in [0.2, 0.25) is 0 Å². The maximum absolute atomic E-state index is 12.2. The van der Waals surface area contributed by atoms with Gasteiger partial charge in [-0.3, -0.25) is 10.1 Å². The Labute approximate surface area is 154 Å². The summed E-state index contributed by atoms with van der Waals surface area (Å²) in [6.45, 7) is 2.06. The van der Waals surface area contributed by atoms with Gasteiger partial charge in [-0.1, -0.05) is 53.0 Å². The zero-order valence-electron chi connectivity index (χ0n) is 12.8. The minimum Gasteiger partial charge on any atom is -0.298 e. The van der Waals surface area contributed by atoms with Crippen molar-refractivity contribution in [3.05, 3.63) is 80.3 Å². The van der Waals surface area contributed by atoms with Gasteiger partial charge in [0, 0.05) is 23.1 Å². The lowest BCUT2D eigenvalue weighted by atomic mass is 10.1. The van der Waals surface area contributed by atoms with E-state index in [1.54, 1.807) is 24.4 Å². The van der Waals surface area contributed by atoms with Crippen LogP contribution in [0.25, 0.3) is 0 Å². The van der Waals surface area contributed by atoms with Gasteiger partial charge in [0.05, 0.1) is 10.0 Å². The maximum atomic E-state index is 12.2. The Morgan fingerprint density at radius 2 is 1.88 bits per heavy atom. The molecule has 0 aliphatic rings. The first-order valence-electron chi connectivity index (χ1n) is 7.28. The number of nitrogens with zero attached hydrogens (tertiary/aromatic N) is 1. The number of nitrogens with one attached hydrogen (secondary N) is 1. The second-order valence-corrected chi connectivity index (χ2v) is 7.31. The number of hydrogen-bond donors (Lipinski definition) is 1. The van der Waals surface area contributed by atoms with Crippen LogP contribution in [0.2, 0.25) is 10.0 Å². The van der Waals surface area contributed by atoms with Crippen molar-refractivity contribution in [3.8, 4) is 0 Å². The predicted octanol–water partition coefficient (Wildman–Crippen LogP) is 5.60. The second-order valence-electron chi connectivity index (χ2n) is 5.38. The molecule has 6 heteroatoms. The van der Waals surface area contributed by atoms with Gasteiger partial charge >= 0.3 is 0 Å². The van der Waals surface area contributed by atoms with Crippen molar-refractivity contribution in [1.82, 2.24) is 4.98 Å². The maximum Gasteiger partial charge on any atom is 0.257 e. The highest BCUT2D eigenvalue weighted by atomic mass is 35.5. The number of rotatable bonds is 4. The smallest absolute Gasteiger partial charge is 0.257 e. The number of aromatic nitrogens is 1. The molecular formula is C18H14Cl2N2OS. The molecule has 3 aromatic rings. The minimum atomic E-state index is -0.259. The number of aryl methyl sites for hydroxylation is 1. The summed E-state index contributed by atoms with van der Waals surface area (Å²) >= 11 is 13.3.